The number of nitrogens with zero attached hydrogens (tertiary/aromatic N) is 1. The largest absolute Gasteiger partial charge is 0.436 e. The number of hydrogen-bond acceptors (Lipinski definition) is 4. The Morgan fingerprint density at radius 3 is 2.44 bits per heavy atom. The molecule has 0 saturated heterocycles. The van der Waals surface area contributed by atoms with E-state index in [2.05, 4.69) is 10.3 Å². The van der Waals surface area contributed by atoms with E-state index in [1.54, 1.807) is 13.8 Å². The van der Waals surface area contributed by atoms with E-state index in [9.17, 15) is 4.79 Å². The van der Waals surface area contributed by atoms with Crippen LogP contribution in [0.4, 0.5) is 0 Å². The number of amides is 1. The Kier molecular flexibility index (Phi) is 4.96. The highest BCUT2D eigenvalue weighted by Gasteiger charge is 2.18. The topological polar surface area (TPSA) is 81.2 Å². The van der Waals surface area contributed by atoms with Crippen LogP contribution < -0.4 is 11.1 Å². The summed E-state index contributed by atoms with van der Waals surface area (Å²) in [5.41, 5.74) is 5.91. The van der Waals surface area contributed by atoms with Gasteiger partial charge >= 0.3 is 0 Å². The molecule has 0 fully saturated rings. The van der Waals surface area contributed by atoms with Gasteiger partial charge in [0, 0.05) is 19.0 Å². The number of hydrogen-bond donors (Lipinski definition) is 2. The lowest BCUT2D eigenvalue weighted by Gasteiger charge is -2.18. The molecule has 0 atom stereocenters. The molecule has 1 aromatic rings. The summed E-state index contributed by atoms with van der Waals surface area (Å²) < 4.78 is 5.18. The molecule has 0 spiro atoms. The number of oxazole rings is 1. The van der Waals surface area contributed by atoms with E-state index >= 15 is 0 Å². The van der Waals surface area contributed by atoms with Gasteiger partial charge in [0.2, 0.25) is 5.76 Å². The number of carbonyl (C=O) groups is 1. The van der Waals surface area contributed by atoms with Gasteiger partial charge in [-0.1, -0.05) is 0 Å². The lowest BCUT2D eigenvalue weighted by atomic mass is 10.1. The lowest BCUT2D eigenvalue weighted by Crippen LogP contribution is -2.45. The van der Waals surface area contributed by atoms with Crippen molar-refractivity contribution in [2.45, 2.75) is 33.2 Å². The van der Waals surface area contributed by atoms with Crippen molar-refractivity contribution in [3.8, 4) is 0 Å². The normalized spacial score (nSPS) is 10.8. The molecule has 0 aliphatic carbocycles. The van der Waals surface area contributed by atoms with Crippen molar-refractivity contribution in [1.82, 2.24) is 10.3 Å². The first-order valence-corrected chi connectivity index (χ1v) is 4.81. The maximum atomic E-state index is 11.6. The van der Waals surface area contributed by atoms with Crippen molar-refractivity contribution in [2.75, 3.05) is 6.54 Å². The maximum absolute atomic E-state index is 11.6. The van der Waals surface area contributed by atoms with Gasteiger partial charge in [0.15, 0.2) is 5.89 Å². The Balaban J connectivity index is 0.00000225. The molecule has 0 saturated carbocycles. The van der Waals surface area contributed by atoms with Crippen molar-refractivity contribution in [2.24, 2.45) is 5.73 Å². The van der Waals surface area contributed by atoms with Gasteiger partial charge in [-0.2, -0.15) is 0 Å². The Morgan fingerprint density at radius 1 is 1.50 bits per heavy atom. The molecule has 0 bridgehead atoms. The zero-order chi connectivity index (χ0) is 11.6. The van der Waals surface area contributed by atoms with Crippen LogP contribution in [-0.4, -0.2) is 23.0 Å². The molecule has 0 radical (unpaired) electrons. The minimum atomic E-state index is -0.432. The molecule has 92 valence electrons. The number of halogens is 1. The predicted molar refractivity (Wildman–Crippen MR) is 63.8 cm³/mol. The van der Waals surface area contributed by atoms with Gasteiger partial charge in [-0.15, -0.1) is 12.4 Å². The molecule has 3 N–H and O–H groups in total. The van der Waals surface area contributed by atoms with Gasteiger partial charge in [-0.25, -0.2) is 4.98 Å². The maximum Gasteiger partial charge on any atom is 0.289 e. The number of carbonyl (C=O) groups excluding carboxylic acids is 1. The third kappa shape index (κ3) is 4.20. The number of nitrogens with one attached hydrogen (secondary N) is 1. The van der Waals surface area contributed by atoms with E-state index in [1.165, 1.54) is 0 Å². The third-order valence-corrected chi connectivity index (χ3v) is 1.81. The highest BCUT2D eigenvalue weighted by molar-refractivity contribution is 5.92. The average molecular weight is 248 g/mol. The molecule has 0 aliphatic heterocycles. The fourth-order valence-corrected chi connectivity index (χ4v) is 1.13. The summed E-state index contributed by atoms with van der Waals surface area (Å²) in [6.45, 7) is 7.51. The van der Waals surface area contributed by atoms with E-state index < -0.39 is 5.54 Å². The molecule has 1 heterocycles. The minimum absolute atomic E-state index is 0. The highest BCUT2D eigenvalue weighted by atomic mass is 35.5. The van der Waals surface area contributed by atoms with Crippen molar-refractivity contribution in [3.63, 3.8) is 0 Å². The molecule has 5 nitrogen and oxygen atoms in total. The van der Waals surface area contributed by atoms with Gasteiger partial charge in [-0.3, -0.25) is 4.79 Å². The number of aromatic nitrogens is 1. The number of rotatable bonds is 3. The number of aryl methyl sites for hydroxylation is 2. The second kappa shape index (κ2) is 5.32. The summed E-state index contributed by atoms with van der Waals surface area (Å²) >= 11 is 0. The molecule has 0 unspecified atom stereocenters. The molecule has 0 aromatic carbocycles. The summed E-state index contributed by atoms with van der Waals surface area (Å²) in [6, 6.07) is 0. The van der Waals surface area contributed by atoms with E-state index in [1.807, 2.05) is 13.8 Å². The number of nitrogens with two attached hydrogens (primary N) is 1. The van der Waals surface area contributed by atoms with Crippen LogP contribution in [0.1, 0.15) is 36.0 Å². The summed E-state index contributed by atoms with van der Waals surface area (Å²) in [5, 5.41) is 2.70. The van der Waals surface area contributed by atoms with Crippen LogP contribution in [0.5, 0.6) is 0 Å². The van der Waals surface area contributed by atoms with Crippen molar-refractivity contribution < 1.29 is 9.21 Å². The summed E-state index contributed by atoms with van der Waals surface area (Å²) in [4.78, 5) is 15.6. The van der Waals surface area contributed by atoms with Gasteiger partial charge in [0.05, 0.1) is 5.69 Å². The van der Waals surface area contributed by atoms with E-state index in [0.29, 0.717) is 18.1 Å². The van der Waals surface area contributed by atoms with Crippen molar-refractivity contribution >= 4 is 18.3 Å². The zero-order valence-electron chi connectivity index (χ0n) is 9.96. The smallest absolute Gasteiger partial charge is 0.289 e. The van der Waals surface area contributed by atoms with Gasteiger partial charge in [0.1, 0.15) is 0 Å². The monoisotopic (exact) mass is 247 g/mol. The van der Waals surface area contributed by atoms with E-state index in [4.69, 9.17) is 10.2 Å². The fraction of sp³-hybridized carbons (Fsp3) is 0.600. The molecular weight excluding hydrogens is 230 g/mol. The first-order chi connectivity index (χ1) is 6.79. The Morgan fingerprint density at radius 2 is 2.06 bits per heavy atom. The molecule has 16 heavy (non-hydrogen) atoms. The quantitative estimate of drug-likeness (QED) is 0.841. The lowest BCUT2D eigenvalue weighted by molar-refractivity contribution is 0.0916. The Bertz CT molecular complexity index is 369. The first-order valence-electron chi connectivity index (χ1n) is 4.81. The highest BCUT2D eigenvalue weighted by Crippen LogP contribution is 2.09. The van der Waals surface area contributed by atoms with E-state index in [0.717, 1.165) is 0 Å². The molecule has 1 aromatic heterocycles. The van der Waals surface area contributed by atoms with Crippen LogP contribution in [0.15, 0.2) is 4.42 Å². The SMILES string of the molecule is Cc1nc(C)c(C(=O)NCC(C)(C)N)o1.Cl. The molecule has 1 rings (SSSR count). The standard InChI is InChI=1S/C10H17N3O2.ClH/c1-6-8(15-7(2)13-6)9(14)12-5-10(3,4)11;/h5,11H2,1-4H3,(H,12,14);1H. The third-order valence-electron chi connectivity index (χ3n) is 1.81. The summed E-state index contributed by atoms with van der Waals surface area (Å²) in [6.07, 6.45) is 0. The predicted octanol–water partition coefficient (Wildman–Crippen LogP) is 1.18. The van der Waals surface area contributed by atoms with Crippen LogP contribution >= 0.6 is 12.4 Å². The fourth-order valence-electron chi connectivity index (χ4n) is 1.13. The van der Waals surface area contributed by atoms with Crippen molar-refractivity contribution in [1.29, 1.82) is 0 Å². The summed E-state index contributed by atoms with van der Waals surface area (Å²) in [7, 11) is 0. The Hall–Kier alpha value is -1.07. The molecule has 6 heteroatoms. The average Bonchev–Trinajstić information content (AvgIpc) is 2.40. The van der Waals surface area contributed by atoms with Crippen LogP contribution in [0, 0.1) is 13.8 Å². The summed E-state index contributed by atoms with van der Waals surface area (Å²) in [5.74, 6) is 0.480. The minimum Gasteiger partial charge on any atom is -0.436 e. The molecular formula is C10H18ClN3O2. The van der Waals surface area contributed by atoms with Crippen LogP contribution in [0.2, 0.25) is 0 Å². The van der Waals surface area contributed by atoms with Gasteiger partial charge in [0.25, 0.3) is 5.91 Å². The second-order valence-electron chi connectivity index (χ2n) is 4.32. The van der Waals surface area contributed by atoms with E-state index in [-0.39, 0.29) is 24.1 Å². The molecule has 0 aliphatic rings. The Labute approximate surface area is 101 Å². The van der Waals surface area contributed by atoms with Gasteiger partial charge < -0.3 is 15.5 Å². The van der Waals surface area contributed by atoms with Crippen LogP contribution in [-0.2, 0) is 0 Å². The zero-order valence-corrected chi connectivity index (χ0v) is 10.8. The second-order valence-corrected chi connectivity index (χ2v) is 4.32. The van der Waals surface area contributed by atoms with Gasteiger partial charge in [-0.05, 0) is 20.8 Å². The molecule has 1 amide bonds. The van der Waals surface area contributed by atoms with Crippen molar-refractivity contribution in [3.05, 3.63) is 17.3 Å². The first kappa shape index (κ1) is 14.9. The van der Waals surface area contributed by atoms with Crippen LogP contribution in [0.3, 0.4) is 0 Å². The van der Waals surface area contributed by atoms with Crippen LogP contribution in [0.25, 0.3) is 0 Å².